The number of halogens is 1. The summed E-state index contributed by atoms with van der Waals surface area (Å²) in [6.07, 6.45) is 1.72. The van der Waals surface area contributed by atoms with E-state index in [0.29, 0.717) is 10.2 Å². The molecule has 0 saturated carbocycles. The molecule has 0 fully saturated rings. The number of hydrogen-bond acceptors (Lipinski definition) is 4. The minimum atomic E-state index is -0.549. The highest BCUT2D eigenvalue weighted by atomic mass is 79.9. The second-order valence-electron chi connectivity index (χ2n) is 5.37. The zero-order chi connectivity index (χ0) is 14.8. The normalized spacial score (nSPS) is 11.7. The van der Waals surface area contributed by atoms with Crippen LogP contribution in [-0.2, 0) is 4.79 Å². The minimum Gasteiger partial charge on any atom is -0.377 e. The molecule has 0 aliphatic rings. The molecule has 0 spiro atoms. The van der Waals surface area contributed by atoms with Crippen molar-refractivity contribution in [3.63, 3.8) is 0 Å². The van der Waals surface area contributed by atoms with Gasteiger partial charge in [0.15, 0.2) is 0 Å². The minimum absolute atomic E-state index is 0.0171. The van der Waals surface area contributed by atoms with Crippen molar-refractivity contribution in [2.75, 3.05) is 5.32 Å². The van der Waals surface area contributed by atoms with Crippen LogP contribution in [0.1, 0.15) is 40.2 Å². The van der Waals surface area contributed by atoms with Gasteiger partial charge in [0, 0.05) is 12.0 Å². The van der Waals surface area contributed by atoms with Gasteiger partial charge < -0.3 is 11.1 Å². The highest BCUT2D eigenvalue weighted by Crippen LogP contribution is 2.23. The number of carbonyl (C=O) groups excluding carboxylic acids is 1. The van der Waals surface area contributed by atoms with Crippen LogP contribution in [0.5, 0.6) is 0 Å². The Hall–Kier alpha value is -1.37. The quantitative estimate of drug-likeness (QED) is 0.858. The maximum atomic E-state index is 12.1. The highest BCUT2D eigenvalue weighted by Gasteiger charge is 2.22. The Morgan fingerprint density at radius 1 is 1.58 bits per heavy atom. The van der Waals surface area contributed by atoms with Crippen LogP contribution in [-0.4, -0.2) is 21.2 Å². The van der Waals surface area contributed by atoms with Gasteiger partial charge in [-0.3, -0.25) is 9.59 Å². The van der Waals surface area contributed by atoms with E-state index in [-0.39, 0.29) is 18.0 Å². The van der Waals surface area contributed by atoms with E-state index < -0.39 is 11.4 Å². The summed E-state index contributed by atoms with van der Waals surface area (Å²) >= 11 is 3.27. The summed E-state index contributed by atoms with van der Waals surface area (Å²) < 4.78 is 1.78. The number of rotatable bonds is 5. The second-order valence-corrected chi connectivity index (χ2v) is 6.16. The SMILES string of the molecule is CC(C)n1ncc(NC(C)(C)CC(N)=O)c(Br)c1=O. The van der Waals surface area contributed by atoms with E-state index in [1.165, 1.54) is 4.68 Å². The van der Waals surface area contributed by atoms with Gasteiger partial charge in [-0.1, -0.05) is 0 Å². The largest absolute Gasteiger partial charge is 0.377 e. The van der Waals surface area contributed by atoms with Crippen LogP contribution in [0.3, 0.4) is 0 Å². The fourth-order valence-corrected chi connectivity index (χ4v) is 2.13. The molecule has 1 aromatic heterocycles. The Morgan fingerprint density at radius 2 is 2.16 bits per heavy atom. The molecule has 6 nitrogen and oxygen atoms in total. The predicted molar refractivity (Wildman–Crippen MR) is 78.1 cm³/mol. The summed E-state index contributed by atoms with van der Waals surface area (Å²) in [5, 5.41) is 7.20. The molecule has 1 heterocycles. The molecule has 0 bridgehead atoms. The van der Waals surface area contributed by atoms with Crippen molar-refractivity contribution in [2.24, 2.45) is 5.73 Å². The molecule has 1 aromatic rings. The lowest BCUT2D eigenvalue weighted by Crippen LogP contribution is -2.37. The highest BCUT2D eigenvalue weighted by molar-refractivity contribution is 9.10. The van der Waals surface area contributed by atoms with E-state index in [0.717, 1.165) is 0 Å². The van der Waals surface area contributed by atoms with Crippen LogP contribution < -0.4 is 16.6 Å². The number of nitrogens with one attached hydrogen (secondary N) is 1. The fourth-order valence-electron chi connectivity index (χ4n) is 1.74. The van der Waals surface area contributed by atoms with Crippen molar-refractivity contribution in [3.05, 3.63) is 21.0 Å². The van der Waals surface area contributed by atoms with E-state index in [4.69, 9.17) is 5.73 Å². The number of carbonyl (C=O) groups is 1. The first-order chi connectivity index (χ1) is 8.64. The van der Waals surface area contributed by atoms with Crippen molar-refractivity contribution in [1.82, 2.24) is 9.78 Å². The molecule has 0 aliphatic heterocycles. The predicted octanol–water partition coefficient (Wildman–Crippen LogP) is 1.65. The topological polar surface area (TPSA) is 90.0 Å². The molecule has 0 aliphatic carbocycles. The Kier molecular flexibility index (Phi) is 4.73. The number of amides is 1. The van der Waals surface area contributed by atoms with Gasteiger partial charge in [-0.2, -0.15) is 5.10 Å². The standard InChI is InChI=1S/C12H19BrN4O2/c1-7(2)17-11(19)10(13)8(6-15-17)16-12(3,4)5-9(14)18/h6-7,16H,5H2,1-4H3,(H2,14,18). The lowest BCUT2D eigenvalue weighted by molar-refractivity contribution is -0.118. The summed E-state index contributed by atoms with van der Waals surface area (Å²) in [7, 11) is 0. The first-order valence-electron chi connectivity index (χ1n) is 5.98. The third kappa shape index (κ3) is 4.05. The monoisotopic (exact) mass is 330 g/mol. The molecule has 3 N–H and O–H groups in total. The number of nitrogens with zero attached hydrogens (tertiary/aromatic N) is 2. The summed E-state index contributed by atoms with van der Waals surface area (Å²) in [6.45, 7) is 7.42. The van der Waals surface area contributed by atoms with Crippen molar-refractivity contribution in [1.29, 1.82) is 0 Å². The Morgan fingerprint density at radius 3 is 2.63 bits per heavy atom. The van der Waals surface area contributed by atoms with Gasteiger partial charge in [0.05, 0.1) is 17.9 Å². The lowest BCUT2D eigenvalue weighted by atomic mass is 10.00. The van der Waals surface area contributed by atoms with Crippen LogP contribution in [0.15, 0.2) is 15.5 Å². The number of aromatic nitrogens is 2. The molecule has 1 amide bonds. The van der Waals surface area contributed by atoms with Gasteiger partial charge in [0.25, 0.3) is 5.56 Å². The first kappa shape index (κ1) is 15.7. The summed E-state index contributed by atoms with van der Waals surface area (Å²) in [4.78, 5) is 23.1. The maximum Gasteiger partial charge on any atom is 0.283 e. The van der Waals surface area contributed by atoms with Gasteiger partial charge in [-0.05, 0) is 43.6 Å². The van der Waals surface area contributed by atoms with E-state index in [2.05, 4.69) is 26.3 Å². The van der Waals surface area contributed by atoms with Crippen LogP contribution in [0.2, 0.25) is 0 Å². The zero-order valence-corrected chi connectivity index (χ0v) is 13.1. The summed E-state index contributed by atoms with van der Waals surface area (Å²) in [5.74, 6) is -0.405. The van der Waals surface area contributed by atoms with Crippen molar-refractivity contribution >= 4 is 27.5 Å². The molecular formula is C12H19BrN4O2. The molecule has 106 valence electrons. The van der Waals surface area contributed by atoms with Crippen molar-refractivity contribution < 1.29 is 4.79 Å². The van der Waals surface area contributed by atoms with Crippen LogP contribution >= 0.6 is 15.9 Å². The molecule has 0 aromatic carbocycles. The Balaban J connectivity index is 3.07. The molecule has 1 rings (SSSR count). The second kappa shape index (κ2) is 5.73. The third-order valence-corrected chi connectivity index (χ3v) is 3.29. The summed E-state index contributed by atoms with van der Waals surface area (Å²) in [6, 6.07) is -0.0171. The Bertz CT molecular complexity index is 537. The molecule has 0 saturated heterocycles. The molecule has 0 atom stereocenters. The average molecular weight is 331 g/mol. The number of hydrogen-bond donors (Lipinski definition) is 2. The average Bonchev–Trinajstić information content (AvgIpc) is 2.22. The smallest absolute Gasteiger partial charge is 0.283 e. The number of nitrogens with two attached hydrogens (primary N) is 1. The molecule has 0 radical (unpaired) electrons. The summed E-state index contributed by atoms with van der Waals surface area (Å²) in [5.41, 5.74) is 4.98. The maximum absolute atomic E-state index is 12.1. The first-order valence-corrected chi connectivity index (χ1v) is 6.77. The van der Waals surface area contributed by atoms with Gasteiger partial charge in [0.2, 0.25) is 5.91 Å². The third-order valence-electron chi connectivity index (χ3n) is 2.52. The van der Waals surface area contributed by atoms with Crippen molar-refractivity contribution in [3.8, 4) is 0 Å². The van der Waals surface area contributed by atoms with Gasteiger partial charge in [-0.15, -0.1) is 0 Å². The Labute approximate surface area is 120 Å². The van der Waals surface area contributed by atoms with Gasteiger partial charge in [0.1, 0.15) is 4.47 Å². The van der Waals surface area contributed by atoms with E-state index >= 15 is 0 Å². The van der Waals surface area contributed by atoms with Gasteiger partial charge >= 0.3 is 0 Å². The van der Waals surface area contributed by atoms with Crippen LogP contribution in [0.25, 0.3) is 0 Å². The molecule has 0 unspecified atom stereocenters. The van der Waals surface area contributed by atoms with E-state index in [1.54, 1.807) is 6.20 Å². The number of anilines is 1. The van der Waals surface area contributed by atoms with Gasteiger partial charge in [-0.25, -0.2) is 4.68 Å². The molecule has 7 heteroatoms. The lowest BCUT2D eigenvalue weighted by Gasteiger charge is -2.26. The zero-order valence-electron chi connectivity index (χ0n) is 11.5. The van der Waals surface area contributed by atoms with E-state index in [9.17, 15) is 9.59 Å². The van der Waals surface area contributed by atoms with Crippen LogP contribution in [0.4, 0.5) is 5.69 Å². The van der Waals surface area contributed by atoms with Crippen LogP contribution in [0, 0.1) is 0 Å². The fraction of sp³-hybridized carbons (Fsp3) is 0.583. The number of primary amides is 1. The van der Waals surface area contributed by atoms with Crippen molar-refractivity contribution in [2.45, 2.75) is 45.7 Å². The van der Waals surface area contributed by atoms with E-state index in [1.807, 2.05) is 27.7 Å². The molecular weight excluding hydrogens is 312 g/mol. The molecule has 19 heavy (non-hydrogen) atoms.